The molecule has 0 atom stereocenters. The van der Waals surface area contributed by atoms with Gasteiger partial charge in [-0.3, -0.25) is 4.79 Å². The van der Waals surface area contributed by atoms with Crippen molar-refractivity contribution in [1.82, 2.24) is 4.31 Å². The van der Waals surface area contributed by atoms with Gasteiger partial charge in [-0.2, -0.15) is 0 Å². The molecule has 0 aliphatic heterocycles. The van der Waals surface area contributed by atoms with Crippen molar-refractivity contribution in [1.29, 1.82) is 0 Å². The zero-order valence-corrected chi connectivity index (χ0v) is 18.3. The predicted octanol–water partition coefficient (Wildman–Crippen LogP) is 4.38. The van der Waals surface area contributed by atoms with Crippen LogP contribution in [0.15, 0.2) is 77.7 Å². The molecule has 0 unspecified atom stereocenters. The van der Waals surface area contributed by atoms with Gasteiger partial charge in [0.05, 0.1) is 11.5 Å². The molecule has 0 saturated heterocycles. The number of carbonyl (C=O) groups excluding carboxylic acids is 1. The number of anilines is 1. The van der Waals surface area contributed by atoms with E-state index in [4.69, 9.17) is 9.47 Å². The van der Waals surface area contributed by atoms with Crippen LogP contribution in [0.3, 0.4) is 0 Å². The molecule has 3 aromatic rings. The van der Waals surface area contributed by atoms with Crippen LogP contribution in [-0.2, 0) is 10.0 Å². The molecular weight excluding hydrogens is 416 g/mol. The normalized spacial score (nSPS) is 11.2. The molecule has 0 spiro atoms. The van der Waals surface area contributed by atoms with Crippen LogP contribution in [0.5, 0.6) is 17.2 Å². The monoisotopic (exact) mass is 440 g/mol. The van der Waals surface area contributed by atoms with E-state index in [-0.39, 0.29) is 10.8 Å². The van der Waals surface area contributed by atoms with Gasteiger partial charge >= 0.3 is 0 Å². The number of nitrogens with one attached hydrogen (secondary N) is 1. The lowest BCUT2D eigenvalue weighted by molar-refractivity contribution is 0.102. The molecule has 0 heterocycles. The third kappa shape index (κ3) is 5.62. The molecule has 162 valence electrons. The summed E-state index contributed by atoms with van der Waals surface area (Å²) >= 11 is 0. The fraction of sp³-hybridized carbons (Fsp3) is 0.174. The summed E-state index contributed by atoms with van der Waals surface area (Å²) in [6.07, 6.45) is 0. The Bertz CT molecular complexity index is 1120. The van der Waals surface area contributed by atoms with Crippen molar-refractivity contribution in [3.05, 3.63) is 78.4 Å². The maximum Gasteiger partial charge on any atom is 0.255 e. The van der Waals surface area contributed by atoms with Crippen LogP contribution < -0.4 is 14.8 Å². The van der Waals surface area contributed by atoms with Crippen LogP contribution in [0.4, 0.5) is 5.69 Å². The summed E-state index contributed by atoms with van der Waals surface area (Å²) in [6.45, 7) is 2.53. The van der Waals surface area contributed by atoms with Crippen molar-refractivity contribution in [3.8, 4) is 17.2 Å². The molecule has 0 aliphatic rings. The second-order valence-electron chi connectivity index (χ2n) is 6.80. The fourth-order valence-corrected chi connectivity index (χ4v) is 3.61. The number of hydrogen-bond donors (Lipinski definition) is 1. The van der Waals surface area contributed by atoms with Gasteiger partial charge in [0.1, 0.15) is 17.2 Å². The minimum atomic E-state index is -3.53. The third-order valence-corrected chi connectivity index (χ3v) is 6.21. The van der Waals surface area contributed by atoms with Crippen molar-refractivity contribution in [2.24, 2.45) is 0 Å². The van der Waals surface area contributed by atoms with Crippen molar-refractivity contribution >= 4 is 21.6 Å². The Morgan fingerprint density at radius 2 is 1.35 bits per heavy atom. The largest absolute Gasteiger partial charge is 0.494 e. The topological polar surface area (TPSA) is 84.9 Å². The maximum absolute atomic E-state index is 12.5. The molecule has 3 aromatic carbocycles. The van der Waals surface area contributed by atoms with Crippen molar-refractivity contribution < 1.29 is 22.7 Å². The first-order chi connectivity index (χ1) is 14.8. The average molecular weight is 441 g/mol. The number of hydrogen-bond acceptors (Lipinski definition) is 5. The molecule has 0 saturated carbocycles. The highest BCUT2D eigenvalue weighted by Crippen LogP contribution is 2.25. The fourth-order valence-electron chi connectivity index (χ4n) is 2.71. The van der Waals surface area contributed by atoms with E-state index in [1.54, 1.807) is 24.3 Å². The van der Waals surface area contributed by atoms with Crippen LogP contribution in [-0.4, -0.2) is 39.3 Å². The summed E-state index contributed by atoms with van der Waals surface area (Å²) in [5.41, 5.74) is 0.946. The molecule has 0 aliphatic carbocycles. The number of sulfonamides is 1. The van der Waals surface area contributed by atoms with E-state index >= 15 is 0 Å². The van der Waals surface area contributed by atoms with E-state index in [0.717, 1.165) is 10.1 Å². The summed E-state index contributed by atoms with van der Waals surface area (Å²) in [5, 5.41) is 2.78. The van der Waals surface area contributed by atoms with Gasteiger partial charge in [-0.05, 0) is 79.7 Å². The van der Waals surface area contributed by atoms with Gasteiger partial charge in [0.15, 0.2) is 0 Å². The molecule has 8 heteroatoms. The first-order valence-corrected chi connectivity index (χ1v) is 11.1. The molecular formula is C23H24N2O5S. The lowest BCUT2D eigenvalue weighted by Crippen LogP contribution is -2.22. The first kappa shape index (κ1) is 22.3. The predicted molar refractivity (Wildman–Crippen MR) is 119 cm³/mol. The van der Waals surface area contributed by atoms with E-state index in [1.807, 2.05) is 31.2 Å². The van der Waals surface area contributed by atoms with Gasteiger partial charge in [-0.1, -0.05) is 0 Å². The van der Waals surface area contributed by atoms with E-state index in [2.05, 4.69) is 5.32 Å². The van der Waals surface area contributed by atoms with Crippen LogP contribution in [0.1, 0.15) is 17.3 Å². The summed E-state index contributed by atoms with van der Waals surface area (Å²) in [6, 6.07) is 20.1. The second-order valence-corrected chi connectivity index (χ2v) is 8.95. The van der Waals surface area contributed by atoms with Crippen molar-refractivity contribution in [2.75, 3.05) is 26.0 Å². The van der Waals surface area contributed by atoms with Gasteiger partial charge in [0.25, 0.3) is 5.91 Å². The van der Waals surface area contributed by atoms with Crippen molar-refractivity contribution in [3.63, 3.8) is 0 Å². The summed E-state index contributed by atoms with van der Waals surface area (Å²) in [7, 11) is -0.618. The van der Waals surface area contributed by atoms with E-state index in [9.17, 15) is 13.2 Å². The minimum Gasteiger partial charge on any atom is -0.494 e. The number of nitrogens with zero attached hydrogens (tertiary/aromatic N) is 1. The molecule has 1 N–H and O–H groups in total. The summed E-state index contributed by atoms with van der Waals surface area (Å²) < 4.78 is 36.6. The molecule has 0 fully saturated rings. The number of ether oxygens (including phenoxy) is 2. The number of amides is 1. The zero-order valence-electron chi connectivity index (χ0n) is 17.5. The van der Waals surface area contributed by atoms with Gasteiger partial charge in [0.2, 0.25) is 10.0 Å². The van der Waals surface area contributed by atoms with Gasteiger partial charge in [-0.25, -0.2) is 12.7 Å². The Labute approximate surface area is 182 Å². The Kier molecular flexibility index (Phi) is 6.94. The molecule has 31 heavy (non-hydrogen) atoms. The Hall–Kier alpha value is -3.36. The molecule has 1 amide bonds. The van der Waals surface area contributed by atoms with Crippen molar-refractivity contribution in [2.45, 2.75) is 11.8 Å². The first-order valence-electron chi connectivity index (χ1n) is 9.64. The van der Waals surface area contributed by atoms with Crippen LogP contribution >= 0.6 is 0 Å². The van der Waals surface area contributed by atoms with E-state index in [1.165, 1.54) is 38.4 Å². The Morgan fingerprint density at radius 3 is 1.87 bits per heavy atom. The van der Waals surface area contributed by atoms with Gasteiger partial charge in [-0.15, -0.1) is 0 Å². The smallest absolute Gasteiger partial charge is 0.255 e. The maximum atomic E-state index is 12.5. The van der Waals surface area contributed by atoms with Crippen LogP contribution in [0, 0.1) is 0 Å². The van der Waals surface area contributed by atoms with Gasteiger partial charge in [0, 0.05) is 25.3 Å². The highest BCUT2D eigenvalue weighted by molar-refractivity contribution is 7.89. The van der Waals surface area contributed by atoms with Crippen LogP contribution in [0.2, 0.25) is 0 Å². The quantitative estimate of drug-likeness (QED) is 0.562. The van der Waals surface area contributed by atoms with Gasteiger partial charge < -0.3 is 14.8 Å². The lowest BCUT2D eigenvalue weighted by atomic mass is 10.2. The molecule has 3 rings (SSSR count). The minimum absolute atomic E-state index is 0.129. The number of carbonyl (C=O) groups is 1. The van der Waals surface area contributed by atoms with E-state index < -0.39 is 10.0 Å². The van der Waals surface area contributed by atoms with E-state index in [0.29, 0.717) is 29.4 Å². The average Bonchev–Trinajstić information content (AvgIpc) is 2.76. The molecule has 0 radical (unpaired) electrons. The van der Waals surface area contributed by atoms with Crippen LogP contribution in [0.25, 0.3) is 0 Å². The number of rotatable bonds is 8. The zero-order chi connectivity index (χ0) is 22.4. The SMILES string of the molecule is CCOc1ccc(Oc2ccc(NC(=O)c3ccc(S(=O)(=O)N(C)C)cc3)cc2)cc1. The highest BCUT2D eigenvalue weighted by atomic mass is 32.2. The Morgan fingerprint density at radius 1 is 0.839 bits per heavy atom. The lowest BCUT2D eigenvalue weighted by Gasteiger charge is -2.12. The number of benzene rings is 3. The second kappa shape index (κ2) is 9.63. The summed E-state index contributed by atoms with van der Waals surface area (Å²) in [5.74, 6) is 1.74. The third-order valence-electron chi connectivity index (χ3n) is 4.38. The Balaban J connectivity index is 1.62. The molecule has 0 bridgehead atoms. The molecule has 0 aromatic heterocycles. The standard InChI is InChI=1S/C23H24N2O5S/c1-4-29-19-11-13-21(14-12-19)30-20-9-7-18(8-10-20)24-23(26)17-5-15-22(16-6-17)31(27,28)25(2)3/h5-16H,4H2,1-3H3,(H,24,26). The molecule has 7 nitrogen and oxygen atoms in total. The highest BCUT2D eigenvalue weighted by Gasteiger charge is 2.17. The summed E-state index contributed by atoms with van der Waals surface area (Å²) in [4.78, 5) is 12.6.